The summed E-state index contributed by atoms with van der Waals surface area (Å²) >= 11 is 0. The van der Waals surface area contributed by atoms with Crippen LogP contribution in [0.1, 0.15) is 15.9 Å². The maximum Gasteiger partial charge on any atom is 0.282 e. The molecule has 0 fully saturated rings. The van der Waals surface area contributed by atoms with E-state index in [1.54, 1.807) is 30.6 Å². The van der Waals surface area contributed by atoms with Crippen LogP contribution in [0.4, 0.5) is 5.69 Å². The number of rotatable bonds is 4. The first-order valence-corrected chi connectivity index (χ1v) is 5.65. The van der Waals surface area contributed by atoms with E-state index in [0.29, 0.717) is 0 Å². The molecule has 1 heterocycles. The third-order valence-electron chi connectivity index (χ3n) is 2.43. The molecule has 7 heteroatoms. The molecule has 20 heavy (non-hydrogen) atoms. The van der Waals surface area contributed by atoms with Crippen molar-refractivity contribution in [1.29, 1.82) is 0 Å². The van der Waals surface area contributed by atoms with Crippen molar-refractivity contribution in [2.45, 2.75) is 0 Å². The van der Waals surface area contributed by atoms with Crippen LogP contribution < -0.4 is 5.43 Å². The van der Waals surface area contributed by atoms with Crippen LogP contribution in [-0.4, -0.2) is 22.0 Å². The largest absolute Gasteiger partial charge is 0.282 e. The molecule has 0 aliphatic carbocycles. The maximum absolute atomic E-state index is 11.8. The summed E-state index contributed by atoms with van der Waals surface area (Å²) in [5.41, 5.74) is 2.70. The molecule has 2 rings (SSSR count). The Morgan fingerprint density at radius 2 is 1.95 bits per heavy atom. The van der Waals surface area contributed by atoms with Gasteiger partial charge in [0.1, 0.15) is 5.56 Å². The van der Waals surface area contributed by atoms with E-state index >= 15 is 0 Å². The van der Waals surface area contributed by atoms with Gasteiger partial charge < -0.3 is 0 Å². The van der Waals surface area contributed by atoms with Crippen LogP contribution in [0.2, 0.25) is 0 Å². The lowest BCUT2D eigenvalue weighted by molar-refractivity contribution is -0.385. The summed E-state index contributed by atoms with van der Waals surface area (Å²) in [5, 5.41) is 14.5. The fourth-order valence-corrected chi connectivity index (χ4v) is 1.50. The number of hydrazone groups is 1. The molecule has 0 radical (unpaired) electrons. The van der Waals surface area contributed by atoms with Gasteiger partial charge in [0.2, 0.25) is 0 Å². The minimum absolute atomic E-state index is 0.0376. The van der Waals surface area contributed by atoms with Crippen LogP contribution in [-0.2, 0) is 0 Å². The SMILES string of the molecule is O=C(NN=Cc1ccncc1)c1ccccc1[N+](=O)[O-]. The average Bonchev–Trinajstić information content (AvgIpc) is 2.48. The second-order valence-corrected chi connectivity index (χ2v) is 3.75. The lowest BCUT2D eigenvalue weighted by Crippen LogP contribution is -2.18. The molecule has 1 aromatic heterocycles. The number of nitrogens with one attached hydrogen (secondary N) is 1. The molecule has 1 aromatic carbocycles. The Morgan fingerprint density at radius 3 is 2.65 bits per heavy atom. The summed E-state index contributed by atoms with van der Waals surface area (Å²) in [5.74, 6) is -0.636. The van der Waals surface area contributed by atoms with Crippen LogP contribution in [0.15, 0.2) is 53.9 Å². The fourth-order valence-electron chi connectivity index (χ4n) is 1.50. The Hall–Kier alpha value is -3.09. The van der Waals surface area contributed by atoms with Gasteiger partial charge in [-0.15, -0.1) is 0 Å². The van der Waals surface area contributed by atoms with Gasteiger partial charge in [0.25, 0.3) is 11.6 Å². The lowest BCUT2D eigenvalue weighted by Gasteiger charge is -2.00. The first-order valence-electron chi connectivity index (χ1n) is 5.65. The molecular formula is C13H10N4O3. The molecule has 0 atom stereocenters. The van der Waals surface area contributed by atoms with Crippen LogP contribution in [0.5, 0.6) is 0 Å². The van der Waals surface area contributed by atoms with Crippen molar-refractivity contribution in [2.75, 3.05) is 0 Å². The van der Waals surface area contributed by atoms with Gasteiger partial charge in [-0.2, -0.15) is 5.10 Å². The van der Waals surface area contributed by atoms with Crippen molar-refractivity contribution in [1.82, 2.24) is 10.4 Å². The second-order valence-electron chi connectivity index (χ2n) is 3.75. The predicted octanol–water partition coefficient (Wildman–Crippen LogP) is 1.75. The zero-order valence-electron chi connectivity index (χ0n) is 10.3. The summed E-state index contributed by atoms with van der Waals surface area (Å²) in [6, 6.07) is 9.10. The summed E-state index contributed by atoms with van der Waals surface area (Å²) in [6.07, 6.45) is 4.60. The monoisotopic (exact) mass is 270 g/mol. The van der Waals surface area contributed by atoms with Gasteiger partial charge in [0, 0.05) is 18.5 Å². The average molecular weight is 270 g/mol. The van der Waals surface area contributed by atoms with Crippen molar-refractivity contribution in [2.24, 2.45) is 5.10 Å². The van der Waals surface area contributed by atoms with Gasteiger partial charge in [-0.3, -0.25) is 19.9 Å². The lowest BCUT2D eigenvalue weighted by atomic mass is 10.2. The van der Waals surface area contributed by atoms with E-state index in [4.69, 9.17) is 0 Å². The van der Waals surface area contributed by atoms with Crippen molar-refractivity contribution in [3.63, 3.8) is 0 Å². The Labute approximate surface area is 114 Å². The molecule has 0 bridgehead atoms. The number of hydrogen-bond donors (Lipinski definition) is 1. The van der Waals surface area contributed by atoms with Crippen LogP contribution in [0.3, 0.4) is 0 Å². The predicted molar refractivity (Wildman–Crippen MR) is 72.4 cm³/mol. The van der Waals surface area contributed by atoms with Gasteiger partial charge in [0.05, 0.1) is 11.1 Å². The van der Waals surface area contributed by atoms with E-state index in [-0.39, 0.29) is 11.3 Å². The molecule has 0 spiro atoms. The number of carbonyl (C=O) groups excluding carboxylic acids is 1. The molecule has 1 N–H and O–H groups in total. The molecule has 0 aliphatic heterocycles. The van der Waals surface area contributed by atoms with E-state index in [0.717, 1.165) is 5.56 Å². The molecule has 100 valence electrons. The Bertz CT molecular complexity index is 656. The molecule has 0 aliphatic rings. The molecule has 1 amide bonds. The first kappa shape index (κ1) is 13.3. The number of hydrogen-bond acceptors (Lipinski definition) is 5. The van der Waals surface area contributed by atoms with E-state index in [1.807, 2.05) is 0 Å². The molecule has 7 nitrogen and oxygen atoms in total. The number of nitro benzene ring substituents is 1. The van der Waals surface area contributed by atoms with Crippen molar-refractivity contribution in [3.8, 4) is 0 Å². The van der Waals surface area contributed by atoms with Crippen LogP contribution in [0.25, 0.3) is 0 Å². The summed E-state index contributed by atoms with van der Waals surface area (Å²) in [4.78, 5) is 25.9. The minimum atomic E-state index is -0.636. The number of carbonyl (C=O) groups is 1. The van der Waals surface area contributed by atoms with Crippen molar-refractivity contribution < 1.29 is 9.72 Å². The van der Waals surface area contributed by atoms with Gasteiger partial charge in [-0.05, 0) is 23.8 Å². The number of nitrogens with zero attached hydrogens (tertiary/aromatic N) is 3. The van der Waals surface area contributed by atoms with Gasteiger partial charge in [0.15, 0.2) is 0 Å². The highest BCUT2D eigenvalue weighted by molar-refractivity contribution is 5.98. The molecule has 2 aromatic rings. The minimum Gasteiger partial charge on any atom is -0.267 e. The van der Waals surface area contributed by atoms with E-state index in [9.17, 15) is 14.9 Å². The number of pyridine rings is 1. The van der Waals surface area contributed by atoms with Crippen molar-refractivity contribution >= 4 is 17.8 Å². The smallest absolute Gasteiger partial charge is 0.267 e. The quantitative estimate of drug-likeness (QED) is 0.520. The van der Waals surface area contributed by atoms with E-state index in [2.05, 4.69) is 15.5 Å². The number of aromatic nitrogens is 1. The van der Waals surface area contributed by atoms with E-state index in [1.165, 1.54) is 24.4 Å². The van der Waals surface area contributed by atoms with Crippen LogP contribution >= 0.6 is 0 Å². The number of nitro groups is 1. The third-order valence-corrected chi connectivity index (χ3v) is 2.43. The highest BCUT2D eigenvalue weighted by Crippen LogP contribution is 2.17. The van der Waals surface area contributed by atoms with Gasteiger partial charge in [-0.25, -0.2) is 5.43 Å². The zero-order chi connectivity index (χ0) is 14.4. The highest BCUT2D eigenvalue weighted by atomic mass is 16.6. The second kappa shape index (κ2) is 6.19. The standard InChI is InChI=1S/C13H10N4O3/c18-13(11-3-1-2-4-12(11)17(19)20)16-15-9-10-5-7-14-8-6-10/h1-9H,(H,16,18). The Balaban J connectivity index is 2.10. The van der Waals surface area contributed by atoms with E-state index < -0.39 is 10.8 Å². The summed E-state index contributed by atoms with van der Waals surface area (Å²) < 4.78 is 0. The zero-order valence-corrected chi connectivity index (χ0v) is 10.3. The number of benzene rings is 1. The fraction of sp³-hybridized carbons (Fsp3) is 0. The molecular weight excluding hydrogens is 260 g/mol. The summed E-state index contributed by atoms with van der Waals surface area (Å²) in [6.45, 7) is 0. The summed E-state index contributed by atoms with van der Waals surface area (Å²) in [7, 11) is 0. The van der Waals surface area contributed by atoms with Gasteiger partial charge in [-0.1, -0.05) is 12.1 Å². The van der Waals surface area contributed by atoms with Crippen molar-refractivity contribution in [3.05, 3.63) is 70.0 Å². The first-order chi connectivity index (χ1) is 9.68. The number of para-hydroxylation sites is 1. The normalized spacial score (nSPS) is 10.4. The molecule has 0 unspecified atom stereocenters. The Morgan fingerprint density at radius 1 is 1.25 bits per heavy atom. The third kappa shape index (κ3) is 3.22. The van der Waals surface area contributed by atoms with Gasteiger partial charge >= 0.3 is 0 Å². The van der Waals surface area contributed by atoms with Crippen LogP contribution in [0, 0.1) is 10.1 Å². The molecule has 0 saturated carbocycles. The number of amides is 1. The maximum atomic E-state index is 11.8. The highest BCUT2D eigenvalue weighted by Gasteiger charge is 2.18. The Kier molecular flexibility index (Phi) is 4.13. The topological polar surface area (TPSA) is 97.5 Å². The molecule has 0 saturated heterocycles.